The summed E-state index contributed by atoms with van der Waals surface area (Å²) in [5.41, 5.74) is 2.19. The van der Waals surface area contributed by atoms with Crippen LogP contribution < -0.4 is 10.6 Å². The quantitative estimate of drug-likeness (QED) is 0.552. The molecule has 2 aromatic carbocycles. The van der Waals surface area contributed by atoms with Crippen LogP contribution in [-0.2, 0) is 17.8 Å². The van der Waals surface area contributed by atoms with E-state index in [1.54, 1.807) is 12.1 Å². The zero-order chi connectivity index (χ0) is 21.6. The Balaban J connectivity index is 1.34. The molecule has 0 aliphatic carbocycles. The Hall–Kier alpha value is -3.00. The van der Waals surface area contributed by atoms with Crippen LogP contribution >= 0.6 is 15.9 Å². The van der Waals surface area contributed by atoms with E-state index in [1.165, 1.54) is 6.42 Å². The van der Waals surface area contributed by atoms with Gasteiger partial charge in [-0.15, -0.1) is 10.2 Å². The van der Waals surface area contributed by atoms with E-state index in [0.29, 0.717) is 11.3 Å². The summed E-state index contributed by atoms with van der Waals surface area (Å²) in [4.78, 5) is 24.5. The van der Waals surface area contributed by atoms with Crippen LogP contribution in [0.5, 0.6) is 0 Å². The largest absolute Gasteiger partial charge is 0.352 e. The van der Waals surface area contributed by atoms with Crippen LogP contribution in [0.2, 0.25) is 0 Å². The highest BCUT2D eigenvalue weighted by Crippen LogP contribution is 2.25. The van der Waals surface area contributed by atoms with E-state index in [0.717, 1.165) is 47.5 Å². The molecule has 0 atom stereocenters. The summed E-state index contributed by atoms with van der Waals surface area (Å²) in [6.07, 6.45) is 4.62. The zero-order valence-corrected chi connectivity index (χ0v) is 18.7. The summed E-state index contributed by atoms with van der Waals surface area (Å²) < 4.78 is 3.10. The minimum absolute atomic E-state index is 0.159. The molecule has 0 fully saturated rings. The number of nitrogens with zero attached hydrogens (tertiary/aromatic N) is 3. The second-order valence-electron chi connectivity index (χ2n) is 7.54. The van der Waals surface area contributed by atoms with Gasteiger partial charge < -0.3 is 15.2 Å². The van der Waals surface area contributed by atoms with Crippen molar-refractivity contribution in [1.82, 2.24) is 20.1 Å². The number of benzene rings is 2. The maximum absolute atomic E-state index is 12.3. The number of carbonyl (C=O) groups excluding carboxylic acids is 2. The van der Waals surface area contributed by atoms with Crippen molar-refractivity contribution < 1.29 is 9.59 Å². The number of carbonyl (C=O) groups is 2. The van der Waals surface area contributed by atoms with Gasteiger partial charge in [-0.25, -0.2) is 0 Å². The molecule has 2 heterocycles. The fraction of sp³-hybridized carbons (Fsp3) is 0.304. The van der Waals surface area contributed by atoms with Crippen LogP contribution in [0.15, 0.2) is 53.0 Å². The third kappa shape index (κ3) is 5.38. The predicted molar refractivity (Wildman–Crippen MR) is 123 cm³/mol. The van der Waals surface area contributed by atoms with Gasteiger partial charge >= 0.3 is 0 Å². The van der Waals surface area contributed by atoms with Crippen molar-refractivity contribution in [1.29, 1.82) is 0 Å². The van der Waals surface area contributed by atoms with E-state index in [2.05, 4.69) is 41.3 Å². The molecule has 4 rings (SSSR count). The Bertz CT molecular complexity index is 1080. The highest BCUT2D eigenvalue weighted by atomic mass is 79.9. The first-order valence-corrected chi connectivity index (χ1v) is 11.3. The molecule has 1 aromatic heterocycles. The van der Waals surface area contributed by atoms with Crippen molar-refractivity contribution in [3.05, 3.63) is 64.4 Å². The number of rotatable bonds is 6. The maximum atomic E-state index is 12.3. The molecule has 2 amide bonds. The summed E-state index contributed by atoms with van der Waals surface area (Å²) in [6, 6.07) is 14.7. The molecule has 3 aromatic rings. The standard InChI is InChI=1S/C23H24BrN5O2/c24-18-10-8-16(9-11-18)23(31)25-13-12-21(30)26-19-6-4-5-17(15-19)22-28-27-20-7-2-1-3-14-29(20)22/h4-6,8-11,15H,1-3,7,12-14H2,(H,25,31)(H,26,30). The molecular weight excluding hydrogens is 458 g/mol. The van der Waals surface area contributed by atoms with Crippen molar-refractivity contribution in [2.75, 3.05) is 11.9 Å². The fourth-order valence-corrected chi connectivity index (χ4v) is 3.92. The summed E-state index contributed by atoms with van der Waals surface area (Å²) >= 11 is 3.34. The minimum Gasteiger partial charge on any atom is -0.352 e. The molecule has 1 aliphatic rings. The molecule has 0 radical (unpaired) electrons. The summed E-state index contributed by atoms with van der Waals surface area (Å²) in [5.74, 6) is 1.52. The lowest BCUT2D eigenvalue weighted by Crippen LogP contribution is -2.27. The monoisotopic (exact) mass is 481 g/mol. The lowest BCUT2D eigenvalue weighted by atomic mass is 10.1. The number of aromatic nitrogens is 3. The molecule has 1 aliphatic heterocycles. The first-order valence-electron chi connectivity index (χ1n) is 10.5. The number of fused-ring (bicyclic) bond motifs is 1. The van der Waals surface area contributed by atoms with Crippen molar-refractivity contribution in [3.8, 4) is 11.4 Å². The van der Waals surface area contributed by atoms with E-state index in [4.69, 9.17) is 0 Å². The third-order valence-corrected chi connectivity index (χ3v) is 5.79. The van der Waals surface area contributed by atoms with Gasteiger partial charge in [0.15, 0.2) is 5.82 Å². The van der Waals surface area contributed by atoms with Crippen molar-refractivity contribution in [2.24, 2.45) is 0 Å². The van der Waals surface area contributed by atoms with Gasteiger partial charge in [-0.1, -0.05) is 34.5 Å². The average molecular weight is 482 g/mol. The molecule has 0 spiro atoms. The number of hydrogen-bond donors (Lipinski definition) is 2. The second-order valence-corrected chi connectivity index (χ2v) is 8.46. The minimum atomic E-state index is -0.199. The van der Waals surface area contributed by atoms with Crippen LogP contribution in [0.25, 0.3) is 11.4 Å². The van der Waals surface area contributed by atoms with Crippen LogP contribution in [0.1, 0.15) is 41.9 Å². The molecule has 31 heavy (non-hydrogen) atoms. The number of aryl methyl sites for hydroxylation is 1. The number of hydrogen-bond acceptors (Lipinski definition) is 4. The zero-order valence-electron chi connectivity index (χ0n) is 17.1. The molecule has 7 nitrogen and oxygen atoms in total. The average Bonchev–Trinajstić information content (AvgIpc) is 3.02. The normalized spacial score (nSPS) is 13.2. The smallest absolute Gasteiger partial charge is 0.251 e. The molecule has 0 unspecified atom stereocenters. The lowest BCUT2D eigenvalue weighted by Gasteiger charge is -2.10. The molecule has 0 bridgehead atoms. The fourth-order valence-electron chi connectivity index (χ4n) is 3.65. The molecule has 160 valence electrons. The van der Waals surface area contributed by atoms with Crippen LogP contribution in [0.3, 0.4) is 0 Å². The molecule has 0 saturated carbocycles. The molecule has 2 N–H and O–H groups in total. The lowest BCUT2D eigenvalue weighted by molar-refractivity contribution is -0.116. The Kier molecular flexibility index (Phi) is 6.76. The number of amides is 2. The molecular formula is C23H24BrN5O2. The third-order valence-electron chi connectivity index (χ3n) is 5.26. The van der Waals surface area contributed by atoms with Gasteiger partial charge in [0.2, 0.25) is 5.91 Å². The summed E-state index contributed by atoms with van der Waals surface area (Å²) in [7, 11) is 0. The first kappa shape index (κ1) is 21.2. The van der Waals surface area contributed by atoms with Crippen LogP contribution in [0.4, 0.5) is 5.69 Å². The van der Waals surface area contributed by atoms with Crippen molar-refractivity contribution in [3.63, 3.8) is 0 Å². The van der Waals surface area contributed by atoms with Crippen molar-refractivity contribution >= 4 is 33.4 Å². The van der Waals surface area contributed by atoms with E-state index in [-0.39, 0.29) is 24.8 Å². The molecule has 0 saturated heterocycles. The maximum Gasteiger partial charge on any atom is 0.251 e. The van der Waals surface area contributed by atoms with E-state index in [9.17, 15) is 9.59 Å². The van der Waals surface area contributed by atoms with E-state index in [1.807, 2.05) is 36.4 Å². The summed E-state index contributed by atoms with van der Waals surface area (Å²) in [6.45, 7) is 1.18. The van der Waals surface area contributed by atoms with Gasteiger partial charge in [0, 0.05) is 47.2 Å². The predicted octanol–water partition coefficient (Wildman–Crippen LogP) is 4.19. The Morgan fingerprint density at radius 3 is 2.71 bits per heavy atom. The number of nitrogens with one attached hydrogen (secondary N) is 2. The first-order chi connectivity index (χ1) is 15.1. The SMILES string of the molecule is O=C(CCNC(=O)c1ccc(Br)cc1)Nc1cccc(-c2nnc3n2CCCCC3)c1. The Morgan fingerprint density at radius 2 is 1.87 bits per heavy atom. The van der Waals surface area contributed by atoms with Crippen LogP contribution in [0, 0.1) is 0 Å². The van der Waals surface area contributed by atoms with Crippen LogP contribution in [-0.4, -0.2) is 33.1 Å². The van der Waals surface area contributed by atoms with Gasteiger partial charge in [0.25, 0.3) is 5.91 Å². The Labute approximate surface area is 189 Å². The second kappa shape index (κ2) is 9.87. The van der Waals surface area contributed by atoms with Gasteiger partial charge in [0.05, 0.1) is 0 Å². The van der Waals surface area contributed by atoms with E-state index >= 15 is 0 Å². The summed E-state index contributed by atoms with van der Waals surface area (Å²) in [5, 5.41) is 14.4. The van der Waals surface area contributed by atoms with Gasteiger partial charge in [-0.3, -0.25) is 9.59 Å². The highest BCUT2D eigenvalue weighted by molar-refractivity contribution is 9.10. The highest BCUT2D eigenvalue weighted by Gasteiger charge is 2.16. The van der Waals surface area contributed by atoms with Gasteiger partial charge in [0.1, 0.15) is 5.82 Å². The van der Waals surface area contributed by atoms with Gasteiger partial charge in [-0.05, 0) is 49.2 Å². The van der Waals surface area contributed by atoms with Gasteiger partial charge in [-0.2, -0.15) is 0 Å². The number of halogens is 1. The van der Waals surface area contributed by atoms with Crippen molar-refractivity contribution in [2.45, 2.75) is 38.6 Å². The molecule has 8 heteroatoms. The van der Waals surface area contributed by atoms with E-state index < -0.39 is 0 Å². The topological polar surface area (TPSA) is 88.9 Å². The Morgan fingerprint density at radius 1 is 1.03 bits per heavy atom. The number of anilines is 1.